The number of halogens is 3. The second-order valence-corrected chi connectivity index (χ2v) is 3.75. The summed E-state index contributed by atoms with van der Waals surface area (Å²) < 4.78 is 41.5. The Morgan fingerprint density at radius 2 is 2.12 bits per heavy atom. The van der Waals surface area contributed by atoms with Crippen LogP contribution in [0.2, 0.25) is 0 Å². The van der Waals surface area contributed by atoms with Crippen molar-refractivity contribution in [2.75, 3.05) is 0 Å². The van der Waals surface area contributed by atoms with Crippen LogP contribution in [0, 0.1) is 5.82 Å². The van der Waals surface area contributed by atoms with Crippen molar-refractivity contribution < 1.29 is 22.7 Å². The zero-order chi connectivity index (χ0) is 12.5. The normalized spacial score (nSPS) is 16.5. The van der Waals surface area contributed by atoms with Gasteiger partial charge in [-0.2, -0.15) is 13.8 Å². The summed E-state index contributed by atoms with van der Waals surface area (Å²) in [5, 5.41) is 0. The minimum atomic E-state index is -3.00. The van der Waals surface area contributed by atoms with Crippen LogP contribution in [0.1, 0.15) is 18.4 Å². The van der Waals surface area contributed by atoms with Crippen molar-refractivity contribution in [3.05, 3.63) is 29.6 Å². The summed E-state index contributed by atoms with van der Waals surface area (Å²) in [4.78, 5) is 13.8. The molecule has 0 unspecified atom stereocenters. The molecule has 0 bridgehead atoms. The van der Waals surface area contributed by atoms with Crippen LogP contribution in [0.25, 0.3) is 0 Å². The molecule has 0 spiro atoms. The van der Waals surface area contributed by atoms with Gasteiger partial charge in [-0.05, 0) is 25.0 Å². The third kappa shape index (κ3) is 2.31. The van der Waals surface area contributed by atoms with Crippen LogP contribution in [-0.2, 0) is 10.3 Å². The molecule has 1 aliphatic rings. The smallest absolute Gasteiger partial charge is 0.387 e. The SMILES string of the molecule is O=C=NC1(c2ccc(OC(F)F)cc2F)CC1. The number of hydrogen-bond donors (Lipinski definition) is 0. The van der Waals surface area contributed by atoms with Crippen LogP contribution in [-0.4, -0.2) is 12.7 Å². The maximum Gasteiger partial charge on any atom is 0.387 e. The number of aliphatic imine (C=N–C) groups is 1. The lowest BCUT2D eigenvalue weighted by Gasteiger charge is -2.11. The molecule has 0 amide bonds. The molecule has 90 valence electrons. The average molecular weight is 243 g/mol. The highest BCUT2D eigenvalue weighted by Gasteiger charge is 2.46. The highest BCUT2D eigenvalue weighted by Crippen LogP contribution is 2.50. The number of alkyl halides is 2. The predicted molar refractivity (Wildman–Crippen MR) is 52.1 cm³/mol. The Balaban J connectivity index is 2.29. The van der Waals surface area contributed by atoms with Gasteiger partial charge in [0.1, 0.15) is 17.1 Å². The van der Waals surface area contributed by atoms with Crippen molar-refractivity contribution in [1.29, 1.82) is 0 Å². The van der Waals surface area contributed by atoms with Crippen LogP contribution >= 0.6 is 0 Å². The van der Waals surface area contributed by atoms with Crippen molar-refractivity contribution in [2.45, 2.75) is 25.0 Å². The summed E-state index contributed by atoms with van der Waals surface area (Å²) in [7, 11) is 0. The van der Waals surface area contributed by atoms with Gasteiger partial charge in [-0.15, -0.1) is 0 Å². The first-order valence-corrected chi connectivity index (χ1v) is 4.91. The number of rotatable bonds is 4. The van der Waals surface area contributed by atoms with Crippen LogP contribution in [0.4, 0.5) is 13.2 Å². The number of ether oxygens (including phenoxy) is 1. The van der Waals surface area contributed by atoms with Gasteiger partial charge in [0.15, 0.2) is 0 Å². The lowest BCUT2D eigenvalue weighted by Crippen LogP contribution is -2.07. The van der Waals surface area contributed by atoms with Crippen molar-refractivity contribution in [2.24, 2.45) is 4.99 Å². The van der Waals surface area contributed by atoms with E-state index in [1.807, 2.05) is 0 Å². The molecule has 1 fully saturated rings. The quantitative estimate of drug-likeness (QED) is 0.602. The molecule has 0 aromatic heterocycles. The average Bonchev–Trinajstić information content (AvgIpc) is 2.98. The second-order valence-electron chi connectivity index (χ2n) is 3.75. The molecule has 6 heteroatoms. The van der Waals surface area contributed by atoms with Gasteiger partial charge >= 0.3 is 6.61 Å². The standard InChI is InChI=1S/C11H8F3NO2/c12-9-5-7(17-10(13)14)1-2-8(9)11(3-4-11)15-6-16/h1-2,5,10H,3-4H2. The molecular weight excluding hydrogens is 235 g/mol. The first-order chi connectivity index (χ1) is 8.07. The monoisotopic (exact) mass is 243 g/mol. The fourth-order valence-corrected chi connectivity index (χ4v) is 1.70. The van der Waals surface area contributed by atoms with Gasteiger partial charge in [0.05, 0.1) is 0 Å². The van der Waals surface area contributed by atoms with E-state index in [2.05, 4.69) is 9.73 Å². The Morgan fingerprint density at radius 1 is 1.41 bits per heavy atom. The van der Waals surface area contributed by atoms with E-state index in [1.54, 1.807) is 0 Å². The molecule has 1 aliphatic carbocycles. The van der Waals surface area contributed by atoms with E-state index in [0.29, 0.717) is 12.8 Å². The largest absolute Gasteiger partial charge is 0.435 e. The summed E-state index contributed by atoms with van der Waals surface area (Å²) in [6, 6.07) is 3.40. The maximum atomic E-state index is 13.6. The molecule has 1 aromatic rings. The van der Waals surface area contributed by atoms with E-state index in [4.69, 9.17) is 0 Å². The Bertz CT molecular complexity index is 480. The predicted octanol–water partition coefficient (Wildman–Crippen LogP) is 2.75. The zero-order valence-corrected chi connectivity index (χ0v) is 8.62. The fourth-order valence-electron chi connectivity index (χ4n) is 1.70. The lowest BCUT2D eigenvalue weighted by atomic mass is 10.0. The summed E-state index contributed by atoms with van der Waals surface area (Å²) in [6.07, 6.45) is 2.50. The highest BCUT2D eigenvalue weighted by atomic mass is 19.3. The van der Waals surface area contributed by atoms with E-state index in [1.165, 1.54) is 18.2 Å². The van der Waals surface area contributed by atoms with Crippen molar-refractivity contribution in [1.82, 2.24) is 0 Å². The van der Waals surface area contributed by atoms with Crippen molar-refractivity contribution in [3.8, 4) is 5.75 Å². The third-order valence-corrected chi connectivity index (χ3v) is 2.65. The molecule has 1 saturated carbocycles. The topological polar surface area (TPSA) is 38.7 Å². The minimum Gasteiger partial charge on any atom is -0.435 e. The summed E-state index contributed by atoms with van der Waals surface area (Å²) >= 11 is 0. The van der Waals surface area contributed by atoms with E-state index in [-0.39, 0.29) is 11.3 Å². The second kappa shape index (κ2) is 4.22. The van der Waals surface area contributed by atoms with Crippen LogP contribution in [0.3, 0.4) is 0 Å². The van der Waals surface area contributed by atoms with Gasteiger partial charge in [-0.3, -0.25) is 0 Å². The number of carbonyl (C=O) groups excluding carboxylic acids is 1. The Labute approximate surface area is 94.9 Å². The molecule has 0 aliphatic heterocycles. The lowest BCUT2D eigenvalue weighted by molar-refractivity contribution is -0.0500. The van der Waals surface area contributed by atoms with Crippen molar-refractivity contribution >= 4 is 6.08 Å². The van der Waals surface area contributed by atoms with Gasteiger partial charge in [0.25, 0.3) is 0 Å². The summed E-state index contributed by atoms with van der Waals surface area (Å²) in [5.74, 6) is -0.966. The Kier molecular flexibility index (Phi) is 2.90. The third-order valence-electron chi connectivity index (χ3n) is 2.65. The Morgan fingerprint density at radius 3 is 2.59 bits per heavy atom. The molecule has 0 saturated heterocycles. The molecule has 3 nitrogen and oxygen atoms in total. The first kappa shape index (κ1) is 11.7. The van der Waals surface area contributed by atoms with Gasteiger partial charge < -0.3 is 4.74 Å². The molecule has 0 atom stereocenters. The molecule has 2 rings (SSSR count). The van der Waals surface area contributed by atoms with Crippen LogP contribution < -0.4 is 4.74 Å². The molecule has 0 N–H and O–H groups in total. The van der Waals surface area contributed by atoms with Gasteiger partial charge in [0.2, 0.25) is 6.08 Å². The van der Waals surface area contributed by atoms with E-state index in [0.717, 1.165) is 6.07 Å². The van der Waals surface area contributed by atoms with E-state index in [9.17, 15) is 18.0 Å². The van der Waals surface area contributed by atoms with E-state index < -0.39 is 18.0 Å². The minimum absolute atomic E-state index is 0.211. The number of benzene rings is 1. The fraction of sp³-hybridized carbons (Fsp3) is 0.364. The van der Waals surface area contributed by atoms with Gasteiger partial charge in [0, 0.05) is 11.6 Å². The molecule has 17 heavy (non-hydrogen) atoms. The van der Waals surface area contributed by atoms with Gasteiger partial charge in [-0.25, -0.2) is 9.18 Å². The zero-order valence-electron chi connectivity index (χ0n) is 8.62. The number of nitrogens with zero attached hydrogens (tertiary/aromatic N) is 1. The Hall–Kier alpha value is -1.81. The summed E-state index contributed by atoms with van der Waals surface area (Å²) in [6.45, 7) is -3.00. The van der Waals surface area contributed by atoms with Crippen LogP contribution in [0.5, 0.6) is 5.75 Å². The first-order valence-electron chi connectivity index (χ1n) is 4.91. The molecule has 0 heterocycles. The highest BCUT2D eigenvalue weighted by molar-refractivity contribution is 5.43. The maximum absolute atomic E-state index is 13.6. The van der Waals surface area contributed by atoms with Crippen molar-refractivity contribution in [3.63, 3.8) is 0 Å². The molecular formula is C11H8F3NO2. The molecule has 0 radical (unpaired) electrons. The van der Waals surface area contributed by atoms with E-state index >= 15 is 0 Å². The summed E-state index contributed by atoms with van der Waals surface area (Å²) in [5.41, 5.74) is -0.641. The van der Waals surface area contributed by atoms with Gasteiger partial charge in [-0.1, -0.05) is 0 Å². The van der Waals surface area contributed by atoms with Crippen LogP contribution in [0.15, 0.2) is 23.2 Å². The number of hydrogen-bond acceptors (Lipinski definition) is 3. The molecule has 1 aromatic carbocycles. The number of isocyanates is 1.